The average Bonchev–Trinajstić information content (AvgIpc) is 3.25. The minimum atomic E-state index is -0.597. The van der Waals surface area contributed by atoms with E-state index in [2.05, 4.69) is 5.32 Å². The van der Waals surface area contributed by atoms with Crippen molar-refractivity contribution in [1.82, 2.24) is 10.2 Å². The highest BCUT2D eigenvalue weighted by Crippen LogP contribution is 2.33. The van der Waals surface area contributed by atoms with Gasteiger partial charge in [-0.2, -0.15) is 0 Å². The lowest BCUT2D eigenvalue weighted by Crippen LogP contribution is -2.49. The van der Waals surface area contributed by atoms with Gasteiger partial charge in [0, 0.05) is 29.6 Å². The van der Waals surface area contributed by atoms with Crippen molar-refractivity contribution in [2.75, 3.05) is 13.3 Å². The summed E-state index contributed by atoms with van der Waals surface area (Å²) in [6, 6.07) is 10.2. The average molecular weight is 493 g/mol. The first-order valence-electron chi connectivity index (χ1n) is 11.2. The molecule has 0 radical (unpaired) electrons. The van der Waals surface area contributed by atoms with Crippen molar-refractivity contribution in [2.24, 2.45) is 5.92 Å². The first-order chi connectivity index (χ1) is 15.8. The van der Waals surface area contributed by atoms with Gasteiger partial charge in [0.25, 0.3) is 0 Å². The van der Waals surface area contributed by atoms with Crippen LogP contribution in [0.3, 0.4) is 0 Å². The minimum Gasteiger partial charge on any atom is -0.454 e. The number of aryl methyl sites for hydroxylation is 1. The maximum Gasteiger partial charge on any atom is 0.242 e. The standard InChI is InChI=1S/C25H30Cl2N2O4/c1-4-21(25(31)28-13-16(2)3)29(14-18-7-8-19(26)12-20(18)27)24(30)10-6-17-5-9-22-23(11-17)33-15-32-22/h5,7-9,11-12,16,21H,4,6,10,13-15H2,1-3H3,(H,28,31)/t21-/m0/s1. The number of carbonyl (C=O) groups is 2. The quantitative estimate of drug-likeness (QED) is 0.492. The Labute approximate surface area is 205 Å². The Hall–Kier alpha value is -2.44. The number of rotatable bonds is 10. The van der Waals surface area contributed by atoms with Gasteiger partial charge in [-0.25, -0.2) is 0 Å². The van der Waals surface area contributed by atoms with Gasteiger partial charge in [0.2, 0.25) is 18.6 Å². The van der Waals surface area contributed by atoms with Gasteiger partial charge in [-0.3, -0.25) is 9.59 Å². The molecular formula is C25H30Cl2N2O4. The fourth-order valence-corrected chi connectivity index (χ4v) is 4.14. The molecule has 1 heterocycles. The number of halogens is 2. The van der Waals surface area contributed by atoms with Gasteiger partial charge < -0.3 is 19.7 Å². The molecule has 0 aromatic heterocycles. The topological polar surface area (TPSA) is 67.9 Å². The molecule has 0 fully saturated rings. The predicted molar refractivity (Wildman–Crippen MR) is 130 cm³/mol. The molecular weight excluding hydrogens is 463 g/mol. The van der Waals surface area contributed by atoms with Crippen LogP contribution in [0.5, 0.6) is 11.5 Å². The van der Waals surface area contributed by atoms with E-state index in [9.17, 15) is 9.59 Å². The zero-order chi connectivity index (χ0) is 24.0. The van der Waals surface area contributed by atoms with E-state index in [1.165, 1.54) is 0 Å². The van der Waals surface area contributed by atoms with Crippen LogP contribution < -0.4 is 14.8 Å². The number of amides is 2. The van der Waals surface area contributed by atoms with E-state index in [0.29, 0.717) is 46.8 Å². The Morgan fingerprint density at radius 2 is 1.85 bits per heavy atom. The molecule has 1 atom stereocenters. The summed E-state index contributed by atoms with van der Waals surface area (Å²) < 4.78 is 10.8. The Kier molecular flexibility index (Phi) is 8.87. The summed E-state index contributed by atoms with van der Waals surface area (Å²) in [7, 11) is 0. The van der Waals surface area contributed by atoms with Crippen LogP contribution in [0, 0.1) is 5.92 Å². The van der Waals surface area contributed by atoms with Crippen molar-refractivity contribution in [2.45, 2.75) is 52.6 Å². The van der Waals surface area contributed by atoms with Crippen LogP contribution in [0.15, 0.2) is 36.4 Å². The monoisotopic (exact) mass is 492 g/mol. The highest BCUT2D eigenvalue weighted by atomic mass is 35.5. The molecule has 3 rings (SSSR count). The largest absolute Gasteiger partial charge is 0.454 e. The van der Waals surface area contributed by atoms with E-state index in [-0.39, 0.29) is 31.6 Å². The van der Waals surface area contributed by atoms with E-state index >= 15 is 0 Å². The molecule has 178 valence electrons. The van der Waals surface area contributed by atoms with E-state index < -0.39 is 6.04 Å². The van der Waals surface area contributed by atoms with Crippen LogP contribution >= 0.6 is 23.2 Å². The molecule has 0 aliphatic carbocycles. The van der Waals surface area contributed by atoms with E-state index in [1.807, 2.05) is 39.0 Å². The lowest BCUT2D eigenvalue weighted by Gasteiger charge is -2.31. The number of nitrogens with one attached hydrogen (secondary N) is 1. The molecule has 0 spiro atoms. The number of hydrogen-bond acceptors (Lipinski definition) is 4. The summed E-state index contributed by atoms with van der Waals surface area (Å²) >= 11 is 12.4. The molecule has 0 unspecified atom stereocenters. The highest BCUT2D eigenvalue weighted by Gasteiger charge is 2.29. The Morgan fingerprint density at radius 3 is 2.55 bits per heavy atom. The summed E-state index contributed by atoms with van der Waals surface area (Å²) in [6.45, 7) is 6.95. The van der Waals surface area contributed by atoms with Crippen LogP contribution in [-0.2, 0) is 22.6 Å². The Morgan fingerprint density at radius 1 is 1.09 bits per heavy atom. The molecule has 33 heavy (non-hydrogen) atoms. The summed E-state index contributed by atoms with van der Waals surface area (Å²) in [5.41, 5.74) is 1.71. The van der Waals surface area contributed by atoms with Crippen LogP contribution in [0.1, 0.15) is 44.7 Å². The van der Waals surface area contributed by atoms with Crippen LogP contribution in [0.4, 0.5) is 0 Å². The molecule has 2 aromatic rings. The van der Waals surface area contributed by atoms with Gasteiger partial charge >= 0.3 is 0 Å². The fraction of sp³-hybridized carbons (Fsp3) is 0.440. The molecule has 1 N–H and O–H groups in total. The molecule has 1 aliphatic rings. The number of ether oxygens (including phenoxy) is 2. The molecule has 0 saturated carbocycles. The fourth-order valence-electron chi connectivity index (χ4n) is 3.67. The van der Waals surface area contributed by atoms with Crippen molar-refractivity contribution < 1.29 is 19.1 Å². The highest BCUT2D eigenvalue weighted by molar-refractivity contribution is 6.35. The van der Waals surface area contributed by atoms with E-state index in [1.54, 1.807) is 23.1 Å². The number of carbonyl (C=O) groups excluding carboxylic acids is 2. The zero-order valence-electron chi connectivity index (χ0n) is 19.2. The molecule has 2 amide bonds. The van der Waals surface area contributed by atoms with Crippen LogP contribution in [-0.4, -0.2) is 36.1 Å². The van der Waals surface area contributed by atoms with Crippen molar-refractivity contribution >= 4 is 35.0 Å². The van der Waals surface area contributed by atoms with Crippen molar-refractivity contribution in [3.8, 4) is 11.5 Å². The molecule has 1 aliphatic heterocycles. The zero-order valence-corrected chi connectivity index (χ0v) is 20.7. The van der Waals surface area contributed by atoms with Crippen molar-refractivity contribution in [3.63, 3.8) is 0 Å². The minimum absolute atomic E-state index is 0.120. The van der Waals surface area contributed by atoms with Gasteiger partial charge in [0.1, 0.15) is 6.04 Å². The summed E-state index contributed by atoms with van der Waals surface area (Å²) in [6.07, 6.45) is 1.26. The molecule has 6 nitrogen and oxygen atoms in total. The number of benzene rings is 2. The Balaban J connectivity index is 1.78. The third kappa shape index (κ3) is 6.78. The van der Waals surface area contributed by atoms with Gasteiger partial charge in [0.15, 0.2) is 11.5 Å². The number of fused-ring (bicyclic) bond motifs is 1. The second-order valence-electron chi connectivity index (χ2n) is 8.51. The normalized spacial score (nSPS) is 13.2. The van der Waals surface area contributed by atoms with Crippen LogP contribution in [0.2, 0.25) is 10.0 Å². The van der Waals surface area contributed by atoms with Gasteiger partial charge in [-0.05, 0) is 54.2 Å². The summed E-state index contributed by atoms with van der Waals surface area (Å²) in [5, 5.41) is 3.95. The van der Waals surface area contributed by atoms with Crippen molar-refractivity contribution in [1.29, 1.82) is 0 Å². The summed E-state index contributed by atoms with van der Waals surface area (Å²) in [4.78, 5) is 28.0. The molecule has 8 heteroatoms. The maximum absolute atomic E-state index is 13.4. The third-order valence-corrected chi connectivity index (χ3v) is 6.08. The van der Waals surface area contributed by atoms with E-state index in [0.717, 1.165) is 11.1 Å². The lowest BCUT2D eigenvalue weighted by atomic mass is 10.1. The van der Waals surface area contributed by atoms with Gasteiger partial charge in [0.05, 0.1) is 0 Å². The van der Waals surface area contributed by atoms with E-state index in [4.69, 9.17) is 32.7 Å². The number of nitrogens with zero attached hydrogens (tertiary/aromatic N) is 1. The first-order valence-corrected chi connectivity index (χ1v) is 11.9. The second kappa shape index (κ2) is 11.6. The first kappa shape index (κ1) is 25.2. The van der Waals surface area contributed by atoms with Crippen molar-refractivity contribution in [3.05, 3.63) is 57.6 Å². The molecule has 0 saturated heterocycles. The predicted octanol–water partition coefficient (Wildman–Crippen LogP) is 5.23. The summed E-state index contributed by atoms with van der Waals surface area (Å²) in [5.74, 6) is 1.42. The molecule has 0 bridgehead atoms. The second-order valence-corrected chi connectivity index (χ2v) is 9.35. The number of hydrogen-bond donors (Lipinski definition) is 1. The van der Waals surface area contributed by atoms with Gasteiger partial charge in [-0.15, -0.1) is 0 Å². The van der Waals surface area contributed by atoms with Gasteiger partial charge in [-0.1, -0.05) is 56.1 Å². The third-order valence-electron chi connectivity index (χ3n) is 5.49. The molecule has 2 aromatic carbocycles. The lowest BCUT2D eigenvalue weighted by molar-refractivity contribution is -0.141. The maximum atomic E-state index is 13.4. The van der Waals surface area contributed by atoms with Crippen LogP contribution in [0.25, 0.3) is 0 Å². The smallest absolute Gasteiger partial charge is 0.242 e. The Bertz CT molecular complexity index is 996. The SMILES string of the molecule is CC[C@@H](C(=O)NCC(C)C)N(Cc1ccc(Cl)cc1Cl)C(=O)CCc1ccc2c(c1)OCO2.